The molecule has 61 heavy (non-hydrogen) atoms. The monoisotopic (exact) mass is 778 g/mol. The first-order valence-electron chi connectivity index (χ1n) is 20.6. The highest BCUT2D eigenvalue weighted by Gasteiger charge is 2.21. The summed E-state index contributed by atoms with van der Waals surface area (Å²) in [6, 6.07) is 81.4. The van der Waals surface area contributed by atoms with E-state index in [0.29, 0.717) is 17.5 Å². The van der Waals surface area contributed by atoms with E-state index in [0.717, 1.165) is 66.9 Å². The molecule has 286 valence electrons. The molecule has 0 spiro atoms. The molecule has 0 saturated carbocycles. The molecule has 0 aliphatic carbocycles. The molecule has 0 bridgehead atoms. The van der Waals surface area contributed by atoms with Gasteiger partial charge < -0.3 is 4.57 Å². The molecule has 0 N–H and O–H groups in total. The molecule has 0 aliphatic rings. The zero-order valence-electron chi connectivity index (χ0n) is 33.2. The van der Waals surface area contributed by atoms with E-state index in [9.17, 15) is 0 Å². The smallest absolute Gasteiger partial charge is 0.164 e. The van der Waals surface area contributed by atoms with Gasteiger partial charge in [-0.15, -0.1) is 0 Å². The summed E-state index contributed by atoms with van der Waals surface area (Å²) in [5, 5.41) is 2.43. The van der Waals surface area contributed by atoms with Crippen LogP contribution >= 0.6 is 0 Å². The third-order valence-electron chi connectivity index (χ3n) is 11.4. The Labute approximate surface area is 354 Å². The summed E-state index contributed by atoms with van der Waals surface area (Å²) >= 11 is 0. The standard InChI is InChI=1S/C57H38N4/c1-6-19-39(20-7-1)46-37-49(43-27-18-28-45(35-43)57-59-55(41-23-10-3-11-24-41)58-56(60-57)42-25-12-4-13-26-42)54(40-21-8-2-9-22-40)50(38-46)44-33-34-53-51(36-44)48-31-16-17-32-52(48)61(53)47-29-14-5-15-30-47/h1-38H. The van der Waals surface area contributed by atoms with Gasteiger partial charge in [0.05, 0.1) is 11.0 Å². The van der Waals surface area contributed by atoms with Crippen molar-refractivity contribution in [2.45, 2.75) is 0 Å². The maximum absolute atomic E-state index is 5.10. The van der Waals surface area contributed by atoms with Crippen molar-refractivity contribution in [3.05, 3.63) is 231 Å². The van der Waals surface area contributed by atoms with Gasteiger partial charge in [-0.2, -0.15) is 0 Å². The Morgan fingerprint density at radius 3 is 1.31 bits per heavy atom. The molecule has 2 heterocycles. The number of benzene rings is 9. The van der Waals surface area contributed by atoms with Crippen LogP contribution in [0.1, 0.15) is 0 Å². The molecule has 0 atom stereocenters. The lowest BCUT2D eigenvalue weighted by atomic mass is 9.84. The number of fused-ring (bicyclic) bond motifs is 3. The van der Waals surface area contributed by atoms with Crippen LogP contribution in [0.4, 0.5) is 0 Å². The molecule has 0 fully saturated rings. The van der Waals surface area contributed by atoms with E-state index in [2.05, 4.69) is 174 Å². The maximum atomic E-state index is 5.10. The normalized spacial score (nSPS) is 11.3. The van der Waals surface area contributed by atoms with Crippen molar-refractivity contribution in [1.82, 2.24) is 19.5 Å². The average Bonchev–Trinajstić information content (AvgIpc) is 3.68. The van der Waals surface area contributed by atoms with Gasteiger partial charge in [-0.25, -0.2) is 15.0 Å². The summed E-state index contributed by atoms with van der Waals surface area (Å²) in [5.74, 6) is 1.89. The minimum absolute atomic E-state index is 0.621. The van der Waals surface area contributed by atoms with E-state index in [1.165, 1.54) is 21.8 Å². The fraction of sp³-hybridized carbons (Fsp3) is 0. The van der Waals surface area contributed by atoms with Crippen LogP contribution in [0.5, 0.6) is 0 Å². The summed E-state index contributed by atoms with van der Waals surface area (Å²) < 4.78 is 2.37. The van der Waals surface area contributed by atoms with Crippen LogP contribution in [0.2, 0.25) is 0 Å². The molecule has 0 amide bonds. The zero-order valence-corrected chi connectivity index (χ0v) is 33.2. The van der Waals surface area contributed by atoms with Gasteiger partial charge in [0.25, 0.3) is 0 Å². The Bertz CT molecular complexity index is 3270. The predicted octanol–water partition coefficient (Wildman–Crippen LogP) is 14.6. The first-order valence-corrected chi connectivity index (χ1v) is 20.6. The molecule has 4 heteroatoms. The van der Waals surface area contributed by atoms with Crippen molar-refractivity contribution in [2.75, 3.05) is 0 Å². The van der Waals surface area contributed by atoms with E-state index in [1.807, 2.05) is 60.7 Å². The summed E-state index contributed by atoms with van der Waals surface area (Å²) in [6.07, 6.45) is 0. The third kappa shape index (κ3) is 6.76. The van der Waals surface area contributed by atoms with Gasteiger partial charge in [0.2, 0.25) is 0 Å². The number of para-hydroxylation sites is 2. The van der Waals surface area contributed by atoms with Gasteiger partial charge in [0.1, 0.15) is 0 Å². The molecular formula is C57H38N4. The number of aromatic nitrogens is 4. The van der Waals surface area contributed by atoms with E-state index in [1.54, 1.807) is 0 Å². The molecule has 0 unspecified atom stereocenters. The van der Waals surface area contributed by atoms with Crippen molar-refractivity contribution in [1.29, 1.82) is 0 Å². The number of hydrogen-bond donors (Lipinski definition) is 0. The molecule has 4 nitrogen and oxygen atoms in total. The fourth-order valence-electron chi connectivity index (χ4n) is 8.57. The first kappa shape index (κ1) is 35.9. The van der Waals surface area contributed by atoms with Crippen LogP contribution in [-0.2, 0) is 0 Å². The lowest BCUT2D eigenvalue weighted by Crippen LogP contribution is -2.00. The van der Waals surface area contributed by atoms with Crippen LogP contribution in [0.3, 0.4) is 0 Å². The second-order valence-corrected chi connectivity index (χ2v) is 15.2. The Balaban J connectivity index is 1.15. The number of nitrogens with zero attached hydrogens (tertiary/aromatic N) is 4. The molecule has 0 aliphatic heterocycles. The molecule has 0 saturated heterocycles. The summed E-state index contributed by atoms with van der Waals surface area (Å²) in [5.41, 5.74) is 15.4. The highest BCUT2D eigenvalue weighted by molar-refractivity contribution is 6.11. The van der Waals surface area contributed by atoms with Gasteiger partial charge in [-0.05, 0) is 93.0 Å². The molecule has 0 radical (unpaired) electrons. The SMILES string of the molecule is c1ccc(-c2cc(-c3cccc(-c4nc(-c5ccccc5)nc(-c5ccccc5)n4)c3)c(-c3ccccc3)c(-c3ccc4c(c3)c3ccccc3n4-c3ccccc3)c2)cc1. The van der Waals surface area contributed by atoms with Gasteiger partial charge in [0.15, 0.2) is 17.5 Å². The Morgan fingerprint density at radius 2 is 0.705 bits per heavy atom. The van der Waals surface area contributed by atoms with Crippen LogP contribution in [0.15, 0.2) is 231 Å². The lowest BCUT2D eigenvalue weighted by molar-refractivity contribution is 1.07. The molecule has 2 aromatic heterocycles. The van der Waals surface area contributed by atoms with Gasteiger partial charge in [-0.3, -0.25) is 0 Å². The highest BCUT2D eigenvalue weighted by atomic mass is 15.0. The zero-order chi connectivity index (χ0) is 40.5. The summed E-state index contributed by atoms with van der Waals surface area (Å²) in [4.78, 5) is 15.2. The Hall–Kier alpha value is -8.21. The van der Waals surface area contributed by atoms with Gasteiger partial charge in [-0.1, -0.05) is 182 Å². The van der Waals surface area contributed by atoms with Crippen molar-refractivity contribution >= 4 is 21.8 Å². The molecule has 11 rings (SSSR count). The third-order valence-corrected chi connectivity index (χ3v) is 11.4. The van der Waals surface area contributed by atoms with Crippen LogP contribution in [0, 0.1) is 0 Å². The second kappa shape index (κ2) is 15.5. The molecular weight excluding hydrogens is 741 g/mol. The van der Waals surface area contributed by atoms with Crippen molar-refractivity contribution < 1.29 is 0 Å². The highest BCUT2D eigenvalue weighted by Crippen LogP contribution is 2.45. The quantitative estimate of drug-likeness (QED) is 0.154. The van der Waals surface area contributed by atoms with Gasteiger partial charge in [0, 0.05) is 33.2 Å². The molecule has 9 aromatic carbocycles. The number of rotatable bonds is 8. The van der Waals surface area contributed by atoms with E-state index < -0.39 is 0 Å². The second-order valence-electron chi connectivity index (χ2n) is 15.2. The largest absolute Gasteiger partial charge is 0.309 e. The minimum Gasteiger partial charge on any atom is -0.309 e. The Kier molecular flexibility index (Phi) is 9.14. The Morgan fingerprint density at radius 1 is 0.262 bits per heavy atom. The van der Waals surface area contributed by atoms with Crippen LogP contribution < -0.4 is 0 Å². The molecule has 11 aromatic rings. The number of hydrogen-bond acceptors (Lipinski definition) is 3. The topological polar surface area (TPSA) is 43.6 Å². The predicted molar refractivity (Wildman–Crippen MR) is 252 cm³/mol. The summed E-state index contributed by atoms with van der Waals surface area (Å²) in [7, 11) is 0. The maximum Gasteiger partial charge on any atom is 0.164 e. The van der Waals surface area contributed by atoms with Crippen LogP contribution in [0.25, 0.3) is 106 Å². The van der Waals surface area contributed by atoms with E-state index in [4.69, 9.17) is 15.0 Å². The van der Waals surface area contributed by atoms with Crippen LogP contribution in [-0.4, -0.2) is 19.5 Å². The van der Waals surface area contributed by atoms with E-state index >= 15 is 0 Å². The van der Waals surface area contributed by atoms with Crippen molar-refractivity contribution in [3.8, 4) is 84.4 Å². The first-order chi connectivity index (χ1) is 30.2. The van der Waals surface area contributed by atoms with Gasteiger partial charge >= 0.3 is 0 Å². The fourth-order valence-corrected chi connectivity index (χ4v) is 8.57. The average molecular weight is 779 g/mol. The van der Waals surface area contributed by atoms with Crippen molar-refractivity contribution in [2.24, 2.45) is 0 Å². The lowest BCUT2D eigenvalue weighted by Gasteiger charge is -2.20. The van der Waals surface area contributed by atoms with Crippen molar-refractivity contribution in [3.63, 3.8) is 0 Å². The van der Waals surface area contributed by atoms with E-state index in [-0.39, 0.29) is 0 Å². The summed E-state index contributed by atoms with van der Waals surface area (Å²) in [6.45, 7) is 0. The minimum atomic E-state index is 0.621.